The number of nitrogens with zero attached hydrogens (tertiary/aromatic N) is 3. The maximum atomic E-state index is 13.2. The van der Waals surface area contributed by atoms with Gasteiger partial charge in [0.15, 0.2) is 4.98 Å². The molecule has 1 fully saturated rings. The molecule has 1 saturated heterocycles. The van der Waals surface area contributed by atoms with Crippen LogP contribution >= 0.6 is 0 Å². The summed E-state index contributed by atoms with van der Waals surface area (Å²) in [6.07, 6.45) is 1.62. The lowest BCUT2D eigenvalue weighted by Crippen LogP contribution is -2.65. The number of furan rings is 1. The Hall–Kier alpha value is -3.39. The van der Waals surface area contributed by atoms with Crippen molar-refractivity contribution in [2.24, 2.45) is 0 Å². The van der Waals surface area contributed by atoms with Gasteiger partial charge in [0.25, 0.3) is 0 Å². The monoisotopic (exact) mass is 330 g/mol. The predicted molar refractivity (Wildman–Crippen MR) is 93.9 cm³/mol. The van der Waals surface area contributed by atoms with Crippen LogP contribution in [0.3, 0.4) is 0 Å². The highest BCUT2D eigenvalue weighted by atomic mass is 16.3. The summed E-state index contributed by atoms with van der Waals surface area (Å²) >= 11 is 0. The van der Waals surface area contributed by atoms with E-state index in [1.807, 2.05) is 61.5 Å². The van der Waals surface area contributed by atoms with Crippen LogP contribution < -0.4 is 4.90 Å². The summed E-state index contributed by atoms with van der Waals surface area (Å²) in [5.41, 5.74) is 1.40. The SMILES string of the molecule is C[C@]1(c2ccc([N+]#N)cc2)C(=O)N(c2ccccc2)[C@@H]1c1ccco1. The molecule has 2 aromatic carbocycles. The first-order valence-electron chi connectivity index (χ1n) is 8.04. The first-order chi connectivity index (χ1) is 12.2. The number of anilines is 1. The number of hydrogen-bond donors (Lipinski definition) is 0. The summed E-state index contributed by atoms with van der Waals surface area (Å²) in [4.78, 5) is 18.1. The zero-order valence-electron chi connectivity index (χ0n) is 13.7. The Labute approximate surface area is 145 Å². The Kier molecular flexibility index (Phi) is 3.40. The summed E-state index contributed by atoms with van der Waals surface area (Å²) in [5.74, 6) is 0.746. The van der Waals surface area contributed by atoms with Crippen molar-refractivity contribution < 1.29 is 9.21 Å². The number of β-lactam (4-membered cyclic amide) rings is 1. The standard InChI is InChI=1S/C20H16N3O2/c1-20(14-9-11-15(22-21)12-10-14)18(17-8-5-13-25-17)23(19(20)24)16-6-3-2-4-7-16/h2-13,18H,1H3/q+1/t18-,20-/m1/s1. The molecule has 2 atom stereocenters. The van der Waals surface area contributed by atoms with Crippen LogP contribution in [0.1, 0.15) is 24.3 Å². The highest BCUT2D eigenvalue weighted by molar-refractivity contribution is 6.09. The van der Waals surface area contributed by atoms with Crippen molar-refractivity contribution >= 4 is 17.3 Å². The number of amides is 1. The fourth-order valence-electron chi connectivity index (χ4n) is 3.55. The lowest BCUT2D eigenvalue weighted by molar-refractivity contribution is -0.132. The lowest BCUT2D eigenvalue weighted by Gasteiger charge is -2.53. The van der Waals surface area contributed by atoms with Crippen LogP contribution in [0.4, 0.5) is 11.4 Å². The van der Waals surface area contributed by atoms with Gasteiger partial charge in [0.1, 0.15) is 11.8 Å². The minimum Gasteiger partial charge on any atom is -0.467 e. The highest BCUT2D eigenvalue weighted by Crippen LogP contribution is 2.53. The molecule has 1 aromatic heterocycles. The number of para-hydroxylation sites is 1. The molecule has 0 unspecified atom stereocenters. The predicted octanol–water partition coefficient (Wildman–Crippen LogP) is 4.81. The maximum Gasteiger partial charge on any atom is 0.385 e. The second-order valence-electron chi connectivity index (χ2n) is 6.28. The lowest BCUT2D eigenvalue weighted by atomic mass is 9.66. The van der Waals surface area contributed by atoms with Crippen molar-refractivity contribution in [1.29, 1.82) is 5.39 Å². The summed E-state index contributed by atoms with van der Waals surface area (Å²) < 4.78 is 5.65. The van der Waals surface area contributed by atoms with Crippen LogP contribution in [0.25, 0.3) is 4.98 Å². The third-order valence-corrected chi connectivity index (χ3v) is 4.90. The molecule has 0 spiro atoms. The Balaban J connectivity index is 1.81. The number of rotatable bonds is 3. The van der Waals surface area contributed by atoms with Gasteiger partial charge in [-0.15, -0.1) is 0 Å². The molecule has 4 rings (SSSR count). The van der Waals surface area contributed by atoms with Crippen LogP contribution in [0.2, 0.25) is 0 Å². The molecule has 0 N–H and O–H groups in total. The van der Waals surface area contributed by atoms with E-state index in [0.717, 1.165) is 17.0 Å². The molecule has 122 valence electrons. The third-order valence-electron chi connectivity index (χ3n) is 4.90. The molecule has 25 heavy (non-hydrogen) atoms. The van der Waals surface area contributed by atoms with E-state index >= 15 is 0 Å². The smallest absolute Gasteiger partial charge is 0.385 e. The first kappa shape index (κ1) is 15.2. The third kappa shape index (κ3) is 2.15. The quantitative estimate of drug-likeness (QED) is 0.511. The molecule has 0 radical (unpaired) electrons. The zero-order chi connectivity index (χ0) is 17.4. The van der Waals surface area contributed by atoms with E-state index in [1.54, 1.807) is 23.3 Å². The summed E-state index contributed by atoms with van der Waals surface area (Å²) in [6, 6.07) is 20.1. The summed E-state index contributed by atoms with van der Waals surface area (Å²) in [7, 11) is 0. The van der Waals surface area contributed by atoms with Crippen LogP contribution in [0.15, 0.2) is 77.4 Å². The van der Waals surface area contributed by atoms with E-state index in [0.29, 0.717) is 5.69 Å². The molecule has 1 aliphatic rings. The van der Waals surface area contributed by atoms with Gasteiger partial charge in [-0.25, -0.2) is 0 Å². The van der Waals surface area contributed by atoms with Crippen LogP contribution in [0.5, 0.6) is 0 Å². The van der Waals surface area contributed by atoms with Crippen molar-refractivity contribution in [3.05, 3.63) is 89.3 Å². The molecule has 0 aliphatic carbocycles. The van der Waals surface area contributed by atoms with Crippen molar-refractivity contribution in [3.63, 3.8) is 0 Å². The molecule has 0 bridgehead atoms. The van der Waals surface area contributed by atoms with Gasteiger partial charge in [-0.3, -0.25) is 9.69 Å². The van der Waals surface area contributed by atoms with Gasteiger partial charge in [0.05, 0.1) is 11.7 Å². The Bertz CT molecular complexity index is 943. The number of diazo groups is 1. The van der Waals surface area contributed by atoms with E-state index in [1.165, 1.54) is 0 Å². The molecule has 5 nitrogen and oxygen atoms in total. The van der Waals surface area contributed by atoms with Gasteiger partial charge in [0.2, 0.25) is 11.3 Å². The number of hydrogen-bond acceptors (Lipinski definition) is 3. The van der Waals surface area contributed by atoms with E-state index in [4.69, 9.17) is 9.81 Å². The van der Waals surface area contributed by atoms with E-state index in [9.17, 15) is 4.79 Å². The van der Waals surface area contributed by atoms with Gasteiger partial charge < -0.3 is 4.42 Å². The topological polar surface area (TPSA) is 61.6 Å². The maximum absolute atomic E-state index is 13.2. The first-order valence-corrected chi connectivity index (χ1v) is 8.04. The largest absolute Gasteiger partial charge is 0.467 e. The van der Waals surface area contributed by atoms with Gasteiger partial charge in [-0.1, -0.05) is 18.2 Å². The van der Waals surface area contributed by atoms with Gasteiger partial charge >= 0.3 is 5.69 Å². The van der Waals surface area contributed by atoms with Crippen molar-refractivity contribution in [3.8, 4) is 0 Å². The highest BCUT2D eigenvalue weighted by Gasteiger charge is 2.60. The molecule has 1 aliphatic heterocycles. The fourth-order valence-corrected chi connectivity index (χ4v) is 3.55. The van der Waals surface area contributed by atoms with E-state index in [2.05, 4.69) is 4.98 Å². The average Bonchev–Trinajstić information content (AvgIpc) is 3.19. The zero-order valence-corrected chi connectivity index (χ0v) is 13.7. The van der Waals surface area contributed by atoms with Crippen molar-refractivity contribution in [1.82, 2.24) is 0 Å². The minimum absolute atomic E-state index is 0.00814. The van der Waals surface area contributed by atoms with Gasteiger partial charge in [-0.2, -0.15) is 0 Å². The Morgan fingerprint density at radius 3 is 2.36 bits per heavy atom. The average molecular weight is 330 g/mol. The second kappa shape index (κ2) is 5.60. The molecule has 0 saturated carbocycles. The Morgan fingerprint density at radius 2 is 1.76 bits per heavy atom. The second-order valence-corrected chi connectivity index (χ2v) is 6.28. The van der Waals surface area contributed by atoms with E-state index in [-0.39, 0.29) is 11.9 Å². The molecule has 3 aromatic rings. The normalized spacial score (nSPS) is 22.3. The molecular weight excluding hydrogens is 314 g/mol. The molecule has 5 heteroatoms. The number of carbonyl (C=O) groups is 1. The minimum atomic E-state index is -0.748. The van der Waals surface area contributed by atoms with Gasteiger partial charge in [-0.05, 0) is 48.9 Å². The number of benzene rings is 2. The van der Waals surface area contributed by atoms with E-state index < -0.39 is 5.41 Å². The summed E-state index contributed by atoms with van der Waals surface area (Å²) in [6.45, 7) is 1.92. The molecule has 2 heterocycles. The van der Waals surface area contributed by atoms with Crippen LogP contribution in [-0.2, 0) is 10.2 Å². The van der Waals surface area contributed by atoms with Crippen LogP contribution in [-0.4, -0.2) is 5.91 Å². The van der Waals surface area contributed by atoms with Crippen molar-refractivity contribution in [2.75, 3.05) is 4.90 Å². The van der Waals surface area contributed by atoms with Crippen molar-refractivity contribution in [2.45, 2.75) is 18.4 Å². The Morgan fingerprint density at radius 1 is 1.04 bits per heavy atom. The molecular formula is C20H16N3O2+. The summed E-state index contributed by atoms with van der Waals surface area (Å²) in [5, 5.41) is 8.88. The van der Waals surface area contributed by atoms with Gasteiger partial charge in [0, 0.05) is 17.8 Å². The fraction of sp³-hybridized carbons (Fsp3) is 0.150. The molecule has 1 amide bonds. The number of carbonyl (C=O) groups excluding carboxylic acids is 1. The van der Waals surface area contributed by atoms with Crippen LogP contribution in [0, 0.1) is 5.39 Å².